The second-order valence-electron chi connectivity index (χ2n) is 7.02. The molecule has 1 aromatic heterocycles. The zero-order chi connectivity index (χ0) is 16.5. The van der Waals surface area contributed by atoms with Crippen LogP contribution in [0.25, 0.3) is 0 Å². The van der Waals surface area contributed by atoms with E-state index in [1.165, 1.54) is 0 Å². The number of ether oxygens (including phenoxy) is 2. The van der Waals surface area contributed by atoms with E-state index in [2.05, 4.69) is 18.8 Å². The molecule has 1 saturated carbocycles. The third-order valence-electron chi connectivity index (χ3n) is 3.41. The Bertz CT molecular complexity index is 545. The van der Waals surface area contributed by atoms with E-state index >= 15 is 0 Å². The largest absolute Gasteiger partial charge is 0.495 e. The van der Waals surface area contributed by atoms with E-state index in [4.69, 9.17) is 9.47 Å². The van der Waals surface area contributed by atoms with Crippen LogP contribution in [-0.4, -0.2) is 29.8 Å². The first-order chi connectivity index (χ1) is 10.2. The van der Waals surface area contributed by atoms with Crippen molar-refractivity contribution < 1.29 is 14.3 Å². The second-order valence-corrected chi connectivity index (χ2v) is 7.02. The van der Waals surface area contributed by atoms with Gasteiger partial charge in [-0.3, -0.25) is 9.88 Å². The lowest BCUT2D eigenvalue weighted by Crippen LogP contribution is -2.38. The number of hydrogen-bond donors (Lipinski definition) is 0. The predicted octanol–water partition coefficient (Wildman–Crippen LogP) is 4.12. The minimum absolute atomic E-state index is 0.200. The van der Waals surface area contributed by atoms with Crippen LogP contribution in [0.3, 0.4) is 0 Å². The Morgan fingerprint density at radius 2 is 2.00 bits per heavy atom. The molecule has 5 heteroatoms. The van der Waals surface area contributed by atoms with Crippen molar-refractivity contribution in [2.24, 2.45) is 0 Å². The summed E-state index contributed by atoms with van der Waals surface area (Å²) in [5.41, 5.74) is 1.11. The van der Waals surface area contributed by atoms with Crippen molar-refractivity contribution in [2.45, 2.75) is 65.0 Å². The number of carbonyl (C=O) groups excluding carboxylic acids is 1. The van der Waals surface area contributed by atoms with Crippen molar-refractivity contribution in [3.8, 4) is 5.75 Å². The number of methoxy groups -OCH3 is 1. The maximum absolute atomic E-state index is 12.5. The van der Waals surface area contributed by atoms with Gasteiger partial charge in [0.1, 0.15) is 11.4 Å². The molecule has 5 nitrogen and oxygen atoms in total. The Morgan fingerprint density at radius 3 is 2.45 bits per heavy atom. The van der Waals surface area contributed by atoms with Crippen LogP contribution in [-0.2, 0) is 4.74 Å². The Kier molecular flexibility index (Phi) is 4.63. The lowest BCUT2D eigenvalue weighted by Gasteiger charge is -2.27. The molecule has 1 fully saturated rings. The van der Waals surface area contributed by atoms with Gasteiger partial charge in [0.05, 0.1) is 24.7 Å². The van der Waals surface area contributed by atoms with Crippen LogP contribution in [0.1, 0.15) is 59.1 Å². The monoisotopic (exact) mass is 306 g/mol. The van der Waals surface area contributed by atoms with Crippen LogP contribution < -0.4 is 9.64 Å². The summed E-state index contributed by atoms with van der Waals surface area (Å²) in [6.45, 7) is 9.75. The minimum atomic E-state index is -0.514. The highest BCUT2D eigenvalue weighted by Crippen LogP contribution is 2.36. The average Bonchev–Trinajstić information content (AvgIpc) is 3.20. The van der Waals surface area contributed by atoms with E-state index in [0.29, 0.717) is 5.75 Å². The molecule has 1 aromatic rings. The number of anilines is 1. The Hall–Kier alpha value is -1.78. The molecule has 0 saturated heterocycles. The Morgan fingerprint density at radius 1 is 1.36 bits per heavy atom. The molecule has 22 heavy (non-hydrogen) atoms. The third kappa shape index (κ3) is 3.90. The van der Waals surface area contributed by atoms with Crippen LogP contribution in [0.4, 0.5) is 10.5 Å². The number of nitrogens with zero attached hydrogens (tertiary/aromatic N) is 2. The molecule has 2 rings (SSSR count). The lowest BCUT2D eigenvalue weighted by atomic mass is 10.1. The number of rotatable bonds is 4. The van der Waals surface area contributed by atoms with Gasteiger partial charge in [-0.15, -0.1) is 0 Å². The van der Waals surface area contributed by atoms with Crippen LogP contribution in [0.5, 0.6) is 5.75 Å². The highest BCUT2D eigenvalue weighted by Gasteiger charge is 2.37. The summed E-state index contributed by atoms with van der Waals surface area (Å²) < 4.78 is 11.0. The molecule has 1 aliphatic carbocycles. The molecule has 0 spiro atoms. The first kappa shape index (κ1) is 16.6. The molecular formula is C17H26N2O3. The standard InChI is InChI=1S/C17H26N2O3/c1-11(2)15-14(21-6)9-13(10-18-15)19(12-7-8-12)16(20)22-17(3,4)5/h9-12H,7-8H2,1-6H3. The fraction of sp³-hybridized carbons (Fsp3) is 0.647. The van der Waals surface area contributed by atoms with Crippen molar-refractivity contribution in [3.63, 3.8) is 0 Å². The molecule has 0 bridgehead atoms. The Labute approximate surface area is 132 Å². The molecule has 0 atom stereocenters. The molecule has 1 aliphatic rings. The number of pyridine rings is 1. The molecule has 122 valence electrons. The molecule has 1 heterocycles. The van der Waals surface area contributed by atoms with Gasteiger partial charge in [-0.1, -0.05) is 13.8 Å². The summed E-state index contributed by atoms with van der Waals surface area (Å²) in [4.78, 5) is 18.7. The summed E-state index contributed by atoms with van der Waals surface area (Å²) >= 11 is 0. The normalized spacial score (nSPS) is 14.9. The highest BCUT2D eigenvalue weighted by atomic mass is 16.6. The summed E-state index contributed by atoms with van der Waals surface area (Å²) in [5, 5.41) is 0. The SMILES string of the molecule is COc1cc(N(C(=O)OC(C)(C)C)C2CC2)cnc1C(C)C. The van der Waals surface area contributed by atoms with E-state index in [0.717, 1.165) is 24.2 Å². The van der Waals surface area contributed by atoms with Crippen molar-refractivity contribution in [2.75, 3.05) is 12.0 Å². The number of carbonyl (C=O) groups is 1. The number of hydrogen-bond acceptors (Lipinski definition) is 4. The lowest BCUT2D eigenvalue weighted by molar-refractivity contribution is 0.0577. The molecule has 0 unspecified atom stereocenters. The van der Waals surface area contributed by atoms with Gasteiger partial charge in [0.15, 0.2) is 0 Å². The fourth-order valence-electron chi connectivity index (χ4n) is 2.28. The summed E-state index contributed by atoms with van der Waals surface area (Å²) in [6.07, 6.45) is 3.40. The van der Waals surface area contributed by atoms with Gasteiger partial charge in [-0.05, 0) is 39.5 Å². The van der Waals surface area contributed by atoms with Gasteiger partial charge in [0, 0.05) is 12.1 Å². The number of aromatic nitrogens is 1. The van der Waals surface area contributed by atoms with E-state index in [1.54, 1.807) is 18.2 Å². The van der Waals surface area contributed by atoms with Crippen LogP contribution in [0.2, 0.25) is 0 Å². The first-order valence-electron chi connectivity index (χ1n) is 7.79. The van der Waals surface area contributed by atoms with Crippen LogP contribution >= 0.6 is 0 Å². The van der Waals surface area contributed by atoms with E-state index in [9.17, 15) is 4.79 Å². The molecule has 0 radical (unpaired) electrons. The summed E-state index contributed by atoms with van der Waals surface area (Å²) in [5.74, 6) is 0.974. The number of amides is 1. The van der Waals surface area contributed by atoms with Gasteiger partial charge in [0.25, 0.3) is 0 Å². The van der Waals surface area contributed by atoms with Crippen molar-refractivity contribution in [1.82, 2.24) is 4.98 Å². The molecule has 0 N–H and O–H groups in total. The van der Waals surface area contributed by atoms with Crippen molar-refractivity contribution in [3.05, 3.63) is 18.0 Å². The zero-order valence-corrected chi connectivity index (χ0v) is 14.3. The average molecular weight is 306 g/mol. The van der Waals surface area contributed by atoms with E-state index < -0.39 is 5.60 Å². The Balaban J connectivity index is 2.31. The minimum Gasteiger partial charge on any atom is -0.495 e. The second kappa shape index (κ2) is 6.15. The highest BCUT2D eigenvalue weighted by molar-refractivity contribution is 5.89. The summed E-state index contributed by atoms with van der Waals surface area (Å²) in [7, 11) is 1.63. The van der Waals surface area contributed by atoms with Crippen molar-refractivity contribution >= 4 is 11.8 Å². The van der Waals surface area contributed by atoms with Crippen molar-refractivity contribution in [1.29, 1.82) is 0 Å². The zero-order valence-electron chi connectivity index (χ0n) is 14.3. The van der Waals surface area contributed by atoms with E-state index in [-0.39, 0.29) is 18.1 Å². The van der Waals surface area contributed by atoms with Gasteiger partial charge in [-0.25, -0.2) is 4.79 Å². The molecule has 0 aliphatic heterocycles. The molecular weight excluding hydrogens is 280 g/mol. The van der Waals surface area contributed by atoms with Crippen LogP contribution in [0.15, 0.2) is 12.3 Å². The first-order valence-corrected chi connectivity index (χ1v) is 7.79. The van der Waals surface area contributed by atoms with Gasteiger partial charge in [0.2, 0.25) is 0 Å². The van der Waals surface area contributed by atoms with Gasteiger partial charge in [-0.2, -0.15) is 0 Å². The third-order valence-corrected chi connectivity index (χ3v) is 3.41. The quantitative estimate of drug-likeness (QED) is 0.839. The predicted molar refractivity (Wildman–Crippen MR) is 86.6 cm³/mol. The smallest absolute Gasteiger partial charge is 0.415 e. The van der Waals surface area contributed by atoms with Crippen LogP contribution in [0, 0.1) is 0 Å². The van der Waals surface area contributed by atoms with E-state index in [1.807, 2.05) is 26.8 Å². The topological polar surface area (TPSA) is 51.7 Å². The van der Waals surface area contributed by atoms with Gasteiger partial charge < -0.3 is 9.47 Å². The summed E-state index contributed by atoms with van der Waals surface area (Å²) in [6, 6.07) is 2.08. The maximum atomic E-state index is 12.5. The molecule has 0 aromatic carbocycles. The van der Waals surface area contributed by atoms with Gasteiger partial charge >= 0.3 is 6.09 Å². The maximum Gasteiger partial charge on any atom is 0.415 e. The molecule has 1 amide bonds. The fourth-order valence-corrected chi connectivity index (χ4v) is 2.28.